The molecule has 1 aromatic rings. The summed E-state index contributed by atoms with van der Waals surface area (Å²) in [4.78, 5) is 0.111. The molecule has 4 nitrogen and oxygen atoms in total. The molecule has 0 saturated carbocycles. The van der Waals surface area contributed by atoms with E-state index in [4.69, 9.17) is 5.73 Å². The van der Waals surface area contributed by atoms with Gasteiger partial charge < -0.3 is 5.73 Å². The van der Waals surface area contributed by atoms with Crippen LogP contribution in [0.15, 0.2) is 11.0 Å². The van der Waals surface area contributed by atoms with E-state index in [0.29, 0.717) is 5.56 Å². The zero-order chi connectivity index (χ0) is 16.4. The highest BCUT2D eigenvalue weighted by Gasteiger charge is 2.29. The first-order valence-corrected chi connectivity index (χ1v) is 9.50. The number of halogens is 1. The van der Waals surface area contributed by atoms with Crippen LogP contribution in [-0.2, 0) is 10.0 Å². The van der Waals surface area contributed by atoms with E-state index in [1.807, 2.05) is 13.2 Å². The van der Waals surface area contributed by atoms with Crippen molar-refractivity contribution in [1.29, 1.82) is 0 Å². The predicted molar refractivity (Wildman–Crippen MR) is 87.7 cm³/mol. The highest BCUT2D eigenvalue weighted by molar-refractivity contribution is 7.98. The lowest BCUT2D eigenvalue weighted by Gasteiger charge is -2.26. The molecule has 1 aromatic carbocycles. The Kier molecular flexibility index (Phi) is 6.07. The van der Waals surface area contributed by atoms with Crippen molar-refractivity contribution in [1.82, 2.24) is 4.31 Å². The summed E-state index contributed by atoms with van der Waals surface area (Å²) in [6.45, 7) is 4.99. The molecule has 0 aliphatic heterocycles. The monoisotopic (exact) mass is 334 g/mol. The van der Waals surface area contributed by atoms with Gasteiger partial charge in [0.2, 0.25) is 10.0 Å². The van der Waals surface area contributed by atoms with Crippen LogP contribution in [0.25, 0.3) is 0 Å². The highest BCUT2D eigenvalue weighted by Crippen LogP contribution is 2.30. The summed E-state index contributed by atoms with van der Waals surface area (Å²) < 4.78 is 40.5. The lowest BCUT2D eigenvalue weighted by atomic mass is 10.1. The average Bonchev–Trinajstić information content (AvgIpc) is 2.41. The third-order valence-corrected chi connectivity index (χ3v) is 6.61. The molecule has 1 atom stereocenters. The molecule has 0 radical (unpaired) electrons. The van der Waals surface area contributed by atoms with Crippen LogP contribution in [0, 0.1) is 19.7 Å². The summed E-state index contributed by atoms with van der Waals surface area (Å²) in [5, 5.41) is 0. The van der Waals surface area contributed by atoms with E-state index in [2.05, 4.69) is 0 Å². The fourth-order valence-corrected chi connectivity index (χ4v) is 4.59. The van der Waals surface area contributed by atoms with E-state index in [0.717, 1.165) is 12.2 Å². The summed E-state index contributed by atoms with van der Waals surface area (Å²) in [6.07, 6.45) is 2.74. The number of nitrogens with two attached hydrogens (primary N) is 1. The first-order chi connectivity index (χ1) is 9.64. The van der Waals surface area contributed by atoms with Crippen LogP contribution in [-0.4, -0.2) is 37.8 Å². The van der Waals surface area contributed by atoms with Gasteiger partial charge in [-0.15, -0.1) is 0 Å². The Bertz CT molecular complexity index is 618. The number of hydrogen-bond donors (Lipinski definition) is 1. The van der Waals surface area contributed by atoms with Gasteiger partial charge in [0, 0.05) is 13.1 Å². The van der Waals surface area contributed by atoms with Crippen LogP contribution in [0.3, 0.4) is 0 Å². The van der Waals surface area contributed by atoms with Gasteiger partial charge >= 0.3 is 0 Å². The normalized spacial score (nSPS) is 13.7. The molecule has 0 saturated heterocycles. The Labute approximate surface area is 131 Å². The zero-order valence-electron chi connectivity index (χ0n) is 13.1. The molecule has 1 unspecified atom stereocenters. The lowest BCUT2D eigenvalue weighted by Crippen LogP contribution is -2.36. The van der Waals surface area contributed by atoms with E-state index < -0.39 is 15.8 Å². The van der Waals surface area contributed by atoms with Crippen molar-refractivity contribution in [3.63, 3.8) is 0 Å². The second-order valence-electron chi connectivity index (χ2n) is 5.19. The maximum absolute atomic E-state index is 13.6. The molecular formula is C14H23FN2O2S2. The van der Waals surface area contributed by atoms with Gasteiger partial charge in [0.15, 0.2) is 0 Å². The second kappa shape index (κ2) is 6.98. The minimum Gasteiger partial charge on any atom is -0.396 e. The number of thioether (sulfide) groups is 1. The van der Waals surface area contributed by atoms with Crippen LogP contribution in [0.2, 0.25) is 0 Å². The Morgan fingerprint density at radius 1 is 1.43 bits per heavy atom. The Balaban J connectivity index is 3.29. The largest absolute Gasteiger partial charge is 0.396 e. The average molecular weight is 334 g/mol. The maximum atomic E-state index is 13.6. The quantitative estimate of drug-likeness (QED) is 0.813. The number of rotatable bonds is 6. The van der Waals surface area contributed by atoms with Crippen molar-refractivity contribution in [3.8, 4) is 0 Å². The molecule has 0 spiro atoms. The van der Waals surface area contributed by atoms with Crippen molar-refractivity contribution in [2.24, 2.45) is 0 Å². The van der Waals surface area contributed by atoms with Crippen molar-refractivity contribution in [2.75, 3.05) is 24.8 Å². The standard InChI is InChI=1S/C14H23FN2O2S2/c1-9-8-12(15)13(16)11(3)14(9)21(18,19)17(4)10(2)6-7-20-5/h8,10H,6-7,16H2,1-5H3. The summed E-state index contributed by atoms with van der Waals surface area (Å²) in [6, 6.07) is 1.04. The number of nitrogens with zero attached hydrogens (tertiary/aromatic N) is 1. The third kappa shape index (κ3) is 3.70. The number of benzene rings is 1. The second-order valence-corrected chi connectivity index (χ2v) is 8.11. The van der Waals surface area contributed by atoms with E-state index in [1.165, 1.54) is 10.4 Å². The van der Waals surface area contributed by atoms with E-state index >= 15 is 0 Å². The molecular weight excluding hydrogens is 311 g/mol. The Morgan fingerprint density at radius 3 is 2.52 bits per heavy atom. The van der Waals surface area contributed by atoms with Gasteiger partial charge in [0.25, 0.3) is 0 Å². The molecule has 0 bridgehead atoms. The molecule has 2 N–H and O–H groups in total. The predicted octanol–water partition coefficient (Wildman–Crippen LogP) is 2.79. The molecule has 0 fully saturated rings. The molecule has 120 valence electrons. The number of aryl methyl sites for hydroxylation is 1. The number of hydrogen-bond acceptors (Lipinski definition) is 4. The van der Waals surface area contributed by atoms with Gasteiger partial charge in [-0.25, -0.2) is 12.8 Å². The fraction of sp³-hybridized carbons (Fsp3) is 0.571. The maximum Gasteiger partial charge on any atom is 0.243 e. The van der Waals surface area contributed by atoms with E-state index in [1.54, 1.807) is 32.7 Å². The van der Waals surface area contributed by atoms with E-state index in [9.17, 15) is 12.8 Å². The van der Waals surface area contributed by atoms with Crippen LogP contribution >= 0.6 is 11.8 Å². The molecule has 0 amide bonds. The molecule has 21 heavy (non-hydrogen) atoms. The smallest absolute Gasteiger partial charge is 0.243 e. The minimum absolute atomic E-state index is 0.107. The summed E-state index contributed by atoms with van der Waals surface area (Å²) in [5.74, 6) is 0.298. The molecule has 0 aliphatic rings. The fourth-order valence-electron chi connectivity index (χ4n) is 2.18. The Morgan fingerprint density at radius 2 is 2.00 bits per heavy atom. The zero-order valence-corrected chi connectivity index (χ0v) is 14.7. The van der Waals surface area contributed by atoms with Crippen molar-refractivity contribution in [3.05, 3.63) is 23.0 Å². The summed E-state index contributed by atoms with van der Waals surface area (Å²) in [7, 11) is -2.14. The highest BCUT2D eigenvalue weighted by atomic mass is 32.2. The van der Waals surface area contributed by atoms with Crippen LogP contribution < -0.4 is 5.73 Å². The van der Waals surface area contributed by atoms with Crippen molar-refractivity contribution >= 4 is 27.5 Å². The Hall–Kier alpha value is -0.790. The number of anilines is 1. The van der Waals surface area contributed by atoms with Crippen LogP contribution in [0.1, 0.15) is 24.5 Å². The molecule has 7 heteroatoms. The number of nitrogen functional groups attached to an aromatic ring is 1. The summed E-state index contributed by atoms with van der Waals surface area (Å²) in [5.41, 5.74) is 6.19. The van der Waals surface area contributed by atoms with Gasteiger partial charge in [-0.3, -0.25) is 0 Å². The van der Waals surface area contributed by atoms with Crippen molar-refractivity contribution in [2.45, 2.75) is 38.1 Å². The van der Waals surface area contributed by atoms with Crippen molar-refractivity contribution < 1.29 is 12.8 Å². The lowest BCUT2D eigenvalue weighted by molar-refractivity contribution is 0.382. The first kappa shape index (κ1) is 18.3. The van der Waals surface area contributed by atoms with Crippen LogP contribution in [0.5, 0.6) is 0 Å². The summed E-state index contributed by atoms with van der Waals surface area (Å²) >= 11 is 1.67. The van der Waals surface area contributed by atoms with Gasteiger partial charge in [0.1, 0.15) is 5.82 Å². The van der Waals surface area contributed by atoms with Gasteiger partial charge in [-0.05, 0) is 56.4 Å². The number of sulfonamides is 1. The molecule has 1 rings (SSSR count). The molecule has 0 heterocycles. The SMILES string of the molecule is CSCCC(C)N(C)S(=O)(=O)c1c(C)cc(F)c(N)c1C. The van der Waals surface area contributed by atoms with Crippen LogP contribution in [0.4, 0.5) is 10.1 Å². The minimum atomic E-state index is -3.69. The van der Waals surface area contributed by atoms with Gasteiger partial charge in [-0.2, -0.15) is 16.1 Å². The van der Waals surface area contributed by atoms with Gasteiger partial charge in [-0.1, -0.05) is 0 Å². The molecule has 0 aliphatic carbocycles. The third-order valence-electron chi connectivity index (χ3n) is 3.70. The first-order valence-electron chi connectivity index (χ1n) is 6.66. The van der Waals surface area contributed by atoms with Gasteiger partial charge in [0.05, 0.1) is 10.6 Å². The van der Waals surface area contributed by atoms with E-state index in [-0.39, 0.29) is 22.2 Å². The topological polar surface area (TPSA) is 63.4 Å². The molecule has 0 aromatic heterocycles.